The predicted octanol–water partition coefficient (Wildman–Crippen LogP) is -0.360. The highest BCUT2D eigenvalue weighted by molar-refractivity contribution is 7.86. The Labute approximate surface area is 85.5 Å². The van der Waals surface area contributed by atoms with Crippen molar-refractivity contribution in [2.45, 2.75) is 25.3 Å². The van der Waals surface area contributed by atoms with Crippen molar-refractivity contribution in [3.8, 4) is 0 Å². The molecule has 5 nitrogen and oxygen atoms in total. The molecule has 14 heavy (non-hydrogen) atoms. The lowest BCUT2D eigenvalue weighted by Crippen LogP contribution is -2.41. The molecular weight excluding hydrogens is 204 g/mol. The standard InChI is InChI=1S/C8H18N2O3S/c1-9(6-3-7-11)14(12,13)10(2)8-4-5-8/h8,11H,3-7H2,1-2H3. The highest BCUT2D eigenvalue weighted by atomic mass is 32.2. The summed E-state index contributed by atoms with van der Waals surface area (Å²) in [6, 6.07) is 0.191. The van der Waals surface area contributed by atoms with Gasteiger partial charge >= 0.3 is 0 Å². The average Bonchev–Trinajstić information content (AvgIpc) is 2.95. The highest BCUT2D eigenvalue weighted by Crippen LogP contribution is 2.28. The first-order chi connectivity index (χ1) is 6.50. The molecule has 0 atom stereocenters. The maximum atomic E-state index is 11.8. The molecule has 0 unspecified atom stereocenters. The SMILES string of the molecule is CN(CCCO)S(=O)(=O)N(C)C1CC1. The van der Waals surface area contributed by atoms with Crippen LogP contribution in [0, 0.1) is 0 Å². The Bertz CT molecular complexity index is 274. The third-order valence-corrected chi connectivity index (χ3v) is 4.45. The molecule has 0 amide bonds. The Morgan fingerprint density at radius 1 is 1.36 bits per heavy atom. The molecule has 84 valence electrons. The Balaban J connectivity index is 2.53. The summed E-state index contributed by atoms with van der Waals surface area (Å²) in [4.78, 5) is 0. The van der Waals surface area contributed by atoms with Crippen LogP contribution in [0.1, 0.15) is 19.3 Å². The maximum Gasteiger partial charge on any atom is 0.281 e. The fraction of sp³-hybridized carbons (Fsp3) is 1.00. The lowest BCUT2D eigenvalue weighted by Gasteiger charge is -2.23. The lowest BCUT2D eigenvalue weighted by atomic mass is 10.5. The molecule has 0 bridgehead atoms. The second kappa shape index (κ2) is 4.57. The zero-order valence-electron chi connectivity index (χ0n) is 8.68. The van der Waals surface area contributed by atoms with Gasteiger partial charge in [-0.05, 0) is 19.3 Å². The zero-order valence-corrected chi connectivity index (χ0v) is 9.50. The Hall–Kier alpha value is -0.170. The summed E-state index contributed by atoms with van der Waals surface area (Å²) in [5.74, 6) is 0. The minimum absolute atomic E-state index is 0.0208. The van der Waals surface area contributed by atoms with E-state index in [1.165, 1.54) is 8.61 Å². The molecule has 1 N–H and O–H groups in total. The van der Waals surface area contributed by atoms with E-state index in [1.54, 1.807) is 14.1 Å². The molecule has 0 aromatic heterocycles. The first kappa shape index (κ1) is 11.9. The summed E-state index contributed by atoms with van der Waals surface area (Å²) in [6.45, 7) is 0.392. The van der Waals surface area contributed by atoms with Crippen LogP contribution in [-0.2, 0) is 10.2 Å². The summed E-state index contributed by atoms with van der Waals surface area (Å²) in [5, 5.41) is 8.61. The molecule has 0 aliphatic heterocycles. The summed E-state index contributed by atoms with van der Waals surface area (Å²) >= 11 is 0. The van der Waals surface area contributed by atoms with Gasteiger partial charge in [-0.1, -0.05) is 0 Å². The van der Waals surface area contributed by atoms with Gasteiger partial charge in [-0.15, -0.1) is 0 Å². The highest BCUT2D eigenvalue weighted by Gasteiger charge is 2.35. The van der Waals surface area contributed by atoms with Crippen LogP contribution in [0.3, 0.4) is 0 Å². The largest absolute Gasteiger partial charge is 0.396 e. The van der Waals surface area contributed by atoms with Gasteiger partial charge in [0.15, 0.2) is 0 Å². The summed E-state index contributed by atoms with van der Waals surface area (Å²) in [6.07, 6.45) is 2.40. The van der Waals surface area contributed by atoms with Crippen LogP contribution in [0.5, 0.6) is 0 Å². The van der Waals surface area contributed by atoms with Crippen molar-refractivity contribution in [1.29, 1.82) is 0 Å². The monoisotopic (exact) mass is 222 g/mol. The molecule has 1 aliphatic rings. The molecule has 0 radical (unpaired) electrons. The lowest BCUT2D eigenvalue weighted by molar-refractivity contribution is 0.272. The van der Waals surface area contributed by atoms with Gasteiger partial charge in [0, 0.05) is 33.3 Å². The molecule has 0 spiro atoms. The maximum absolute atomic E-state index is 11.8. The van der Waals surface area contributed by atoms with E-state index in [1.807, 2.05) is 0 Å². The molecular formula is C8H18N2O3S. The van der Waals surface area contributed by atoms with Crippen molar-refractivity contribution in [1.82, 2.24) is 8.61 Å². The van der Waals surface area contributed by atoms with E-state index in [-0.39, 0.29) is 12.6 Å². The minimum atomic E-state index is -3.29. The summed E-state index contributed by atoms with van der Waals surface area (Å²) in [7, 11) is -0.133. The first-order valence-corrected chi connectivity index (χ1v) is 6.20. The molecule has 0 saturated heterocycles. The number of rotatable bonds is 6. The zero-order chi connectivity index (χ0) is 10.8. The first-order valence-electron chi connectivity index (χ1n) is 4.80. The second-order valence-electron chi connectivity index (χ2n) is 3.65. The van der Waals surface area contributed by atoms with E-state index in [2.05, 4.69) is 0 Å². The van der Waals surface area contributed by atoms with Crippen LogP contribution in [0.25, 0.3) is 0 Å². The van der Waals surface area contributed by atoms with Gasteiger partial charge in [-0.25, -0.2) is 0 Å². The minimum Gasteiger partial charge on any atom is -0.396 e. The van der Waals surface area contributed by atoms with E-state index in [9.17, 15) is 8.42 Å². The van der Waals surface area contributed by atoms with Gasteiger partial charge in [0.1, 0.15) is 0 Å². The number of aliphatic hydroxyl groups excluding tert-OH is 1. The number of nitrogens with zero attached hydrogens (tertiary/aromatic N) is 2. The van der Waals surface area contributed by atoms with Gasteiger partial charge in [0.25, 0.3) is 10.2 Å². The molecule has 0 heterocycles. The molecule has 6 heteroatoms. The Morgan fingerprint density at radius 3 is 2.36 bits per heavy atom. The van der Waals surface area contributed by atoms with Gasteiger partial charge < -0.3 is 5.11 Å². The van der Waals surface area contributed by atoms with Crippen molar-refractivity contribution in [2.75, 3.05) is 27.2 Å². The predicted molar refractivity (Wildman–Crippen MR) is 54.0 cm³/mol. The molecule has 0 aromatic carbocycles. The Morgan fingerprint density at radius 2 is 1.93 bits per heavy atom. The molecule has 1 saturated carbocycles. The fourth-order valence-electron chi connectivity index (χ4n) is 1.26. The summed E-state index contributed by atoms with van der Waals surface area (Å²) < 4.78 is 26.3. The van der Waals surface area contributed by atoms with Gasteiger partial charge in [-0.2, -0.15) is 17.0 Å². The quantitative estimate of drug-likeness (QED) is 0.667. The van der Waals surface area contributed by atoms with Crippen molar-refractivity contribution < 1.29 is 13.5 Å². The molecule has 0 aromatic rings. The topological polar surface area (TPSA) is 60.9 Å². The van der Waals surface area contributed by atoms with Crippen molar-refractivity contribution in [2.24, 2.45) is 0 Å². The van der Waals surface area contributed by atoms with Crippen LogP contribution in [0.2, 0.25) is 0 Å². The van der Waals surface area contributed by atoms with Crippen molar-refractivity contribution >= 4 is 10.2 Å². The van der Waals surface area contributed by atoms with Crippen LogP contribution < -0.4 is 0 Å². The van der Waals surface area contributed by atoms with E-state index in [4.69, 9.17) is 5.11 Å². The van der Waals surface area contributed by atoms with Crippen molar-refractivity contribution in [3.05, 3.63) is 0 Å². The second-order valence-corrected chi connectivity index (χ2v) is 5.75. The number of hydrogen-bond donors (Lipinski definition) is 1. The normalized spacial score (nSPS) is 18.1. The van der Waals surface area contributed by atoms with Crippen LogP contribution in [0.4, 0.5) is 0 Å². The summed E-state index contributed by atoms with van der Waals surface area (Å²) in [5.41, 5.74) is 0. The average molecular weight is 222 g/mol. The van der Waals surface area contributed by atoms with Gasteiger partial charge in [0.05, 0.1) is 0 Å². The fourth-order valence-corrected chi connectivity index (χ4v) is 2.64. The number of aliphatic hydroxyl groups is 1. The van der Waals surface area contributed by atoms with E-state index >= 15 is 0 Å². The van der Waals surface area contributed by atoms with Crippen LogP contribution >= 0.6 is 0 Å². The van der Waals surface area contributed by atoms with E-state index < -0.39 is 10.2 Å². The van der Waals surface area contributed by atoms with E-state index in [0.717, 1.165) is 12.8 Å². The molecule has 1 aliphatic carbocycles. The van der Waals surface area contributed by atoms with E-state index in [0.29, 0.717) is 13.0 Å². The van der Waals surface area contributed by atoms with Crippen molar-refractivity contribution in [3.63, 3.8) is 0 Å². The third-order valence-electron chi connectivity index (χ3n) is 2.45. The number of hydrogen-bond acceptors (Lipinski definition) is 3. The third kappa shape index (κ3) is 2.66. The molecule has 1 rings (SSSR count). The Kier molecular flexibility index (Phi) is 3.88. The smallest absolute Gasteiger partial charge is 0.281 e. The van der Waals surface area contributed by atoms with Crippen LogP contribution in [0.15, 0.2) is 0 Å². The molecule has 1 fully saturated rings. The van der Waals surface area contributed by atoms with Crippen LogP contribution in [-0.4, -0.2) is 55.4 Å². The van der Waals surface area contributed by atoms with Gasteiger partial charge in [0.2, 0.25) is 0 Å². The van der Waals surface area contributed by atoms with Gasteiger partial charge in [-0.3, -0.25) is 0 Å².